The van der Waals surface area contributed by atoms with Gasteiger partial charge in [-0.1, -0.05) is 31.5 Å². The second-order valence-corrected chi connectivity index (χ2v) is 5.24. The van der Waals surface area contributed by atoms with Gasteiger partial charge in [-0.3, -0.25) is 9.78 Å². The van der Waals surface area contributed by atoms with Crippen molar-refractivity contribution in [1.29, 1.82) is 0 Å². The molecule has 0 saturated carbocycles. The van der Waals surface area contributed by atoms with Crippen molar-refractivity contribution >= 4 is 5.91 Å². The summed E-state index contributed by atoms with van der Waals surface area (Å²) in [7, 11) is 0. The molecule has 0 spiro atoms. The summed E-state index contributed by atoms with van der Waals surface area (Å²) in [4.78, 5) is 16.2. The van der Waals surface area contributed by atoms with E-state index in [1.54, 1.807) is 30.6 Å². The van der Waals surface area contributed by atoms with Crippen LogP contribution in [0.15, 0.2) is 48.8 Å². The summed E-state index contributed by atoms with van der Waals surface area (Å²) in [5, 5.41) is 2.92. The first-order valence-electron chi connectivity index (χ1n) is 7.73. The molecule has 0 aliphatic rings. The van der Waals surface area contributed by atoms with Crippen LogP contribution in [0.2, 0.25) is 0 Å². The van der Waals surface area contributed by atoms with Gasteiger partial charge in [-0.05, 0) is 35.7 Å². The number of halogens is 1. The fourth-order valence-corrected chi connectivity index (χ4v) is 2.17. The van der Waals surface area contributed by atoms with Crippen LogP contribution in [-0.4, -0.2) is 24.1 Å². The van der Waals surface area contributed by atoms with Crippen LogP contribution in [0.1, 0.15) is 36.9 Å². The van der Waals surface area contributed by atoms with Crippen LogP contribution in [0.25, 0.3) is 0 Å². The molecule has 1 atom stereocenters. The molecular weight excluding hydrogens is 295 g/mol. The summed E-state index contributed by atoms with van der Waals surface area (Å²) in [5.74, 6) is -0.521. The molecule has 2 rings (SSSR count). The SMILES string of the molecule is CCCCOCC(=O)NC(c1ccc(F)cc1)c1cccnc1. The van der Waals surface area contributed by atoms with E-state index < -0.39 is 0 Å². The molecule has 1 N–H and O–H groups in total. The molecule has 122 valence electrons. The van der Waals surface area contributed by atoms with Crippen molar-refractivity contribution in [3.63, 3.8) is 0 Å². The minimum atomic E-state index is -0.383. The van der Waals surface area contributed by atoms with Gasteiger partial charge in [0.05, 0.1) is 6.04 Å². The summed E-state index contributed by atoms with van der Waals surface area (Å²) in [6.07, 6.45) is 5.31. The highest BCUT2D eigenvalue weighted by atomic mass is 19.1. The van der Waals surface area contributed by atoms with Crippen LogP contribution in [0.4, 0.5) is 4.39 Å². The maximum atomic E-state index is 13.1. The molecule has 1 unspecified atom stereocenters. The average molecular weight is 316 g/mol. The Hall–Kier alpha value is -2.27. The first-order valence-corrected chi connectivity index (χ1v) is 7.73. The number of aromatic nitrogens is 1. The lowest BCUT2D eigenvalue weighted by Gasteiger charge is -2.19. The van der Waals surface area contributed by atoms with Gasteiger partial charge >= 0.3 is 0 Å². The predicted molar refractivity (Wildman–Crippen MR) is 86.3 cm³/mol. The minimum absolute atomic E-state index is 0.0119. The van der Waals surface area contributed by atoms with E-state index in [9.17, 15) is 9.18 Å². The number of ether oxygens (including phenoxy) is 1. The third kappa shape index (κ3) is 5.45. The van der Waals surface area contributed by atoms with Gasteiger partial charge in [0.1, 0.15) is 12.4 Å². The molecule has 0 bridgehead atoms. The summed E-state index contributed by atoms with van der Waals surface area (Å²) in [6, 6.07) is 9.36. The van der Waals surface area contributed by atoms with Crippen LogP contribution < -0.4 is 5.32 Å². The van der Waals surface area contributed by atoms with Crippen molar-refractivity contribution < 1.29 is 13.9 Å². The number of hydrogen-bond donors (Lipinski definition) is 1. The van der Waals surface area contributed by atoms with Crippen LogP contribution in [-0.2, 0) is 9.53 Å². The second kappa shape index (κ2) is 9.00. The molecule has 0 fully saturated rings. The monoisotopic (exact) mass is 316 g/mol. The predicted octanol–water partition coefficient (Wildman–Crippen LogP) is 3.24. The molecule has 2 aromatic rings. The molecule has 1 amide bonds. The molecule has 1 aromatic heterocycles. The van der Waals surface area contributed by atoms with E-state index in [0.29, 0.717) is 6.61 Å². The molecule has 1 heterocycles. The lowest BCUT2D eigenvalue weighted by molar-refractivity contribution is -0.126. The minimum Gasteiger partial charge on any atom is -0.372 e. The number of nitrogens with one attached hydrogen (secondary N) is 1. The molecular formula is C18H21FN2O2. The van der Waals surface area contributed by atoms with E-state index in [2.05, 4.69) is 17.2 Å². The fraction of sp³-hybridized carbons (Fsp3) is 0.333. The number of amides is 1. The van der Waals surface area contributed by atoms with Gasteiger partial charge in [0.25, 0.3) is 0 Å². The van der Waals surface area contributed by atoms with Crippen molar-refractivity contribution in [2.75, 3.05) is 13.2 Å². The zero-order valence-electron chi connectivity index (χ0n) is 13.2. The Morgan fingerprint density at radius 2 is 2.04 bits per heavy atom. The van der Waals surface area contributed by atoms with Crippen LogP contribution in [0.5, 0.6) is 0 Å². The van der Waals surface area contributed by atoms with Crippen LogP contribution in [0, 0.1) is 5.82 Å². The van der Waals surface area contributed by atoms with E-state index in [0.717, 1.165) is 24.0 Å². The Bertz CT molecular complexity index is 602. The van der Waals surface area contributed by atoms with E-state index in [1.807, 2.05) is 6.07 Å². The largest absolute Gasteiger partial charge is 0.372 e. The van der Waals surface area contributed by atoms with E-state index in [4.69, 9.17) is 4.74 Å². The summed E-state index contributed by atoms with van der Waals surface area (Å²) < 4.78 is 18.5. The zero-order chi connectivity index (χ0) is 16.5. The third-order valence-corrected chi connectivity index (χ3v) is 3.40. The van der Waals surface area contributed by atoms with Crippen molar-refractivity contribution in [1.82, 2.24) is 10.3 Å². The highest BCUT2D eigenvalue weighted by molar-refractivity contribution is 5.78. The topological polar surface area (TPSA) is 51.2 Å². The average Bonchev–Trinajstić information content (AvgIpc) is 2.58. The van der Waals surface area contributed by atoms with E-state index >= 15 is 0 Å². The van der Waals surface area contributed by atoms with Crippen LogP contribution in [0.3, 0.4) is 0 Å². The molecule has 5 heteroatoms. The van der Waals surface area contributed by atoms with Crippen molar-refractivity contribution in [2.45, 2.75) is 25.8 Å². The summed E-state index contributed by atoms with van der Waals surface area (Å²) in [5.41, 5.74) is 1.63. The number of carbonyl (C=O) groups is 1. The van der Waals surface area contributed by atoms with Crippen LogP contribution >= 0.6 is 0 Å². The third-order valence-electron chi connectivity index (χ3n) is 3.40. The van der Waals surface area contributed by atoms with Gasteiger partial charge in [0.15, 0.2) is 0 Å². The molecule has 0 aliphatic heterocycles. The smallest absolute Gasteiger partial charge is 0.246 e. The highest BCUT2D eigenvalue weighted by Gasteiger charge is 2.17. The van der Waals surface area contributed by atoms with Crippen molar-refractivity contribution in [2.24, 2.45) is 0 Å². The Morgan fingerprint density at radius 1 is 1.26 bits per heavy atom. The summed E-state index contributed by atoms with van der Waals surface area (Å²) in [6.45, 7) is 2.65. The number of hydrogen-bond acceptors (Lipinski definition) is 3. The number of benzene rings is 1. The second-order valence-electron chi connectivity index (χ2n) is 5.24. The zero-order valence-corrected chi connectivity index (χ0v) is 13.2. The molecule has 1 aromatic carbocycles. The Morgan fingerprint density at radius 3 is 2.70 bits per heavy atom. The maximum Gasteiger partial charge on any atom is 0.246 e. The molecule has 0 aliphatic carbocycles. The first kappa shape index (κ1) is 17.1. The fourth-order valence-electron chi connectivity index (χ4n) is 2.17. The molecule has 0 saturated heterocycles. The lowest BCUT2D eigenvalue weighted by atomic mass is 10.00. The first-order chi connectivity index (χ1) is 11.2. The number of carbonyl (C=O) groups excluding carboxylic acids is 1. The molecule has 0 radical (unpaired) electrons. The normalized spacial score (nSPS) is 11.9. The van der Waals surface area contributed by atoms with Gasteiger partial charge < -0.3 is 10.1 Å². The molecule has 4 nitrogen and oxygen atoms in total. The standard InChI is InChI=1S/C18H21FN2O2/c1-2-3-11-23-13-17(22)21-18(15-5-4-10-20-12-15)14-6-8-16(19)9-7-14/h4-10,12,18H,2-3,11,13H2,1H3,(H,21,22). The quantitative estimate of drug-likeness (QED) is 0.761. The lowest BCUT2D eigenvalue weighted by Crippen LogP contribution is -2.32. The van der Waals surface area contributed by atoms with Gasteiger partial charge in [-0.2, -0.15) is 0 Å². The Kier molecular flexibility index (Phi) is 6.69. The number of pyridine rings is 1. The molecule has 23 heavy (non-hydrogen) atoms. The van der Waals surface area contributed by atoms with Gasteiger partial charge in [-0.15, -0.1) is 0 Å². The Labute approximate surface area is 135 Å². The number of rotatable bonds is 8. The Balaban J connectivity index is 2.08. The number of unbranched alkanes of at least 4 members (excludes halogenated alkanes) is 1. The number of nitrogens with zero attached hydrogens (tertiary/aromatic N) is 1. The van der Waals surface area contributed by atoms with E-state index in [1.165, 1.54) is 12.1 Å². The van der Waals surface area contributed by atoms with Gasteiger partial charge in [0.2, 0.25) is 5.91 Å². The van der Waals surface area contributed by atoms with Crippen molar-refractivity contribution in [3.8, 4) is 0 Å². The van der Waals surface area contributed by atoms with Gasteiger partial charge in [0, 0.05) is 19.0 Å². The maximum absolute atomic E-state index is 13.1. The highest BCUT2D eigenvalue weighted by Crippen LogP contribution is 2.21. The van der Waals surface area contributed by atoms with Gasteiger partial charge in [-0.25, -0.2) is 4.39 Å². The van der Waals surface area contributed by atoms with E-state index in [-0.39, 0.29) is 24.4 Å². The van der Waals surface area contributed by atoms with Crippen molar-refractivity contribution in [3.05, 3.63) is 65.7 Å². The summed E-state index contributed by atoms with van der Waals surface area (Å²) >= 11 is 0.